The summed E-state index contributed by atoms with van der Waals surface area (Å²) in [6.45, 7) is 1.53. The maximum Gasteiger partial charge on any atom is 0.345 e. The van der Waals surface area contributed by atoms with Crippen LogP contribution in [0.1, 0.15) is 17.3 Å². The molecule has 0 atom stereocenters. The van der Waals surface area contributed by atoms with Crippen molar-refractivity contribution in [3.05, 3.63) is 76.0 Å². The first-order chi connectivity index (χ1) is 12.6. The minimum Gasteiger partial charge on any atom is -0.422 e. The topological polar surface area (TPSA) is 72.2 Å². The lowest BCUT2D eigenvalue weighted by molar-refractivity contribution is 0.101. The number of anilines is 2. The molecule has 0 aliphatic heterocycles. The normalized spacial score (nSPS) is 10.8. The van der Waals surface area contributed by atoms with E-state index in [-0.39, 0.29) is 5.78 Å². The smallest absolute Gasteiger partial charge is 0.345 e. The van der Waals surface area contributed by atoms with E-state index in [1.807, 2.05) is 35.7 Å². The molecule has 0 amide bonds. The van der Waals surface area contributed by atoms with Crippen molar-refractivity contribution in [1.29, 1.82) is 0 Å². The Morgan fingerprint density at radius 1 is 1.12 bits per heavy atom. The minimum absolute atomic E-state index is 0.0242. The molecule has 0 fully saturated rings. The third-order valence-electron chi connectivity index (χ3n) is 3.96. The SMILES string of the molecule is CC(=O)c1ccc(Nc2nc(-c3cc4ccccc4oc3=O)cs2)cc1. The van der Waals surface area contributed by atoms with Crippen molar-refractivity contribution in [3.63, 3.8) is 0 Å². The summed E-state index contributed by atoms with van der Waals surface area (Å²) in [6.07, 6.45) is 0. The molecule has 26 heavy (non-hydrogen) atoms. The van der Waals surface area contributed by atoms with Gasteiger partial charge in [0.25, 0.3) is 0 Å². The monoisotopic (exact) mass is 362 g/mol. The number of carbonyl (C=O) groups is 1. The molecule has 4 aromatic rings. The molecular formula is C20H14N2O3S. The molecule has 5 nitrogen and oxygen atoms in total. The van der Waals surface area contributed by atoms with Gasteiger partial charge >= 0.3 is 5.63 Å². The molecule has 128 valence electrons. The van der Waals surface area contributed by atoms with E-state index >= 15 is 0 Å². The predicted molar refractivity (Wildman–Crippen MR) is 103 cm³/mol. The molecular weight excluding hydrogens is 348 g/mol. The number of fused-ring (bicyclic) bond motifs is 1. The molecule has 0 radical (unpaired) electrons. The summed E-state index contributed by atoms with van der Waals surface area (Å²) in [4.78, 5) is 28.1. The molecule has 0 spiro atoms. The first-order valence-electron chi connectivity index (χ1n) is 7.97. The minimum atomic E-state index is -0.411. The van der Waals surface area contributed by atoms with E-state index in [1.165, 1.54) is 18.3 Å². The number of Topliss-reactive ketones (excluding diaryl/α,β-unsaturated/α-hetero) is 1. The Hall–Kier alpha value is -3.25. The lowest BCUT2D eigenvalue weighted by atomic mass is 10.1. The third-order valence-corrected chi connectivity index (χ3v) is 4.72. The summed E-state index contributed by atoms with van der Waals surface area (Å²) >= 11 is 1.39. The second-order valence-electron chi connectivity index (χ2n) is 5.78. The maximum absolute atomic E-state index is 12.2. The van der Waals surface area contributed by atoms with Crippen LogP contribution in [-0.2, 0) is 0 Å². The van der Waals surface area contributed by atoms with Gasteiger partial charge in [-0.05, 0) is 43.3 Å². The molecule has 0 unspecified atom stereocenters. The van der Waals surface area contributed by atoms with Crippen LogP contribution in [0.2, 0.25) is 0 Å². The number of thiazole rings is 1. The van der Waals surface area contributed by atoms with Gasteiger partial charge in [-0.25, -0.2) is 9.78 Å². The predicted octanol–water partition coefficient (Wildman–Crippen LogP) is 4.86. The van der Waals surface area contributed by atoms with Crippen LogP contribution in [0.4, 0.5) is 10.8 Å². The summed E-state index contributed by atoms with van der Waals surface area (Å²) in [5.74, 6) is 0.0242. The number of hydrogen-bond acceptors (Lipinski definition) is 6. The average Bonchev–Trinajstić information content (AvgIpc) is 3.10. The molecule has 0 saturated carbocycles. The van der Waals surface area contributed by atoms with E-state index in [0.29, 0.717) is 27.5 Å². The summed E-state index contributed by atoms with van der Waals surface area (Å²) in [6, 6.07) is 16.3. The van der Waals surface area contributed by atoms with E-state index in [1.54, 1.807) is 24.3 Å². The highest BCUT2D eigenvalue weighted by atomic mass is 32.1. The zero-order chi connectivity index (χ0) is 18.1. The zero-order valence-corrected chi connectivity index (χ0v) is 14.7. The average molecular weight is 362 g/mol. The largest absolute Gasteiger partial charge is 0.422 e. The van der Waals surface area contributed by atoms with Crippen molar-refractivity contribution >= 4 is 38.9 Å². The number of nitrogens with one attached hydrogen (secondary N) is 1. The number of ketones is 1. The zero-order valence-electron chi connectivity index (χ0n) is 13.9. The Labute approximate surface area is 152 Å². The molecule has 0 saturated heterocycles. The van der Waals surface area contributed by atoms with Crippen LogP contribution in [0.3, 0.4) is 0 Å². The second-order valence-corrected chi connectivity index (χ2v) is 6.64. The highest BCUT2D eigenvalue weighted by Gasteiger charge is 2.12. The molecule has 2 heterocycles. The fourth-order valence-corrected chi connectivity index (χ4v) is 3.34. The van der Waals surface area contributed by atoms with Crippen molar-refractivity contribution in [3.8, 4) is 11.3 Å². The Bertz CT molecular complexity index is 1160. The van der Waals surface area contributed by atoms with Crippen LogP contribution < -0.4 is 10.9 Å². The van der Waals surface area contributed by atoms with Crippen molar-refractivity contribution < 1.29 is 9.21 Å². The maximum atomic E-state index is 12.2. The van der Waals surface area contributed by atoms with E-state index in [2.05, 4.69) is 10.3 Å². The first kappa shape index (κ1) is 16.2. The van der Waals surface area contributed by atoms with Crippen molar-refractivity contribution in [2.45, 2.75) is 6.92 Å². The highest BCUT2D eigenvalue weighted by molar-refractivity contribution is 7.14. The van der Waals surface area contributed by atoms with Gasteiger partial charge in [-0.3, -0.25) is 4.79 Å². The van der Waals surface area contributed by atoms with Crippen LogP contribution >= 0.6 is 11.3 Å². The van der Waals surface area contributed by atoms with E-state index in [9.17, 15) is 9.59 Å². The van der Waals surface area contributed by atoms with Gasteiger partial charge < -0.3 is 9.73 Å². The third kappa shape index (κ3) is 3.14. The molecule has 0 aliphatic rings. The van der Waals surface area contributed by atoms with Gasteiger partial charge in [-0.1, -0.05) is 18.2 Å². The standard InChI is InChI=1S/C20H14N2O3S/c1-12(23)13-6-8-15(9-7-13)21-20-22-17(11-26-20)16-10-14-4-2-3-5-18(14)25-19(16)24/h2-11H,1H3,(H,21,22). The van der Waals surface area contributed by atoms with Gasteiger partial charge in [-0.15, -0.1) is 11.3 Å². The molecule has 2 aromatic carbocycles. The number of hydrogen-bond donors (Lipinski definition) is 1. The molecule has 4 rings (SSSR count). The fraction of sp³-hybridized carbons (Fsp3) is 0.0500. The fourth-order valence-electron chi connectivity index (χ4n) is 2.61. The van der Waals surface area contributed by atoms with Crippen LogP contribution in [0, 0.1) is 0 Å². The van der Waals surface area contributed by atoms with Crippen LogP contribution in [-0.4, -0.2) is 10.8 Å². The van der Waals surface area contributed by atoms with Gasteiger partial charge in [0.05, 0.1) is 11.3 Å². The Morgan fingerprint density at radius 3 is 2.65 bits per heavy atom. The number of carbonyl (C=O) groups excluding carboxylic acids is 1. The second kappa shape index (κ2) is 6.57. The number of nitrogens with zero attached hydrogens (tertiary/aromatic N) is 1. The van der Waals surface area contributed by atoms with Gasteiger partial charge in [0.1, 0.15) is 5.58 Å². The summed E-state index contributed by atoms with van der Waals surface area (Å²) in [5.41, 5.74) is 2.62. The van der Waals surface area contributed by atoms with Crippen molar-refractivity contribution in [2.24, 2.45) is 0 Å². The van der Waals surface area contributed by atoms with E-state index in [4.69, 9.17) is 4.42 Å². The Balaban J connectivity index is 1.63. The van der Waals surface area contributed by atoms with Crippen molar-refractivity contribution in [2.75, 3.05) is 5.32 Å². The van der Waals surface area contributed by atoms with Gasteiger partial charge in [0.2, 0.25) is 0 Å². The van der Waals surface area contributed by atoms with Crippen LogP contribution in [0.15, 0.2) is 69.2 Å². The lowest BCUT2D eigenvalue weighted by Gasteiger charge is -2.03. The highest BCUT2D eigenvalue weighted by Crippen LogP contribution is 2.27. The molecule has 1 N–H and O–H groups in total. The molecule has 2 aromatic heterocycles. The van der Waals surface area contributed by atoms with E-state index in [0.717, 1.165) is 11.1 Å². The summed E-state index contributed by atoms with van der Waals surface area (Å²) < 4.78 is 5.37. The first-order valence-corrected chi connectivity index (χ1v) is 8.85. The van der Waals surface area contributed by atoms with Gasteiger partial charge in [-0.2, -0.15) is 0 Å². The summed E-state index contributed by atoms with van der Waals surface area (Å²) in [7, 11) is 0. The van der Waals surface area contributed by atoms with Crippen LogP contribution in [0.5, 0.6) is 0 Å². The molecule has 0 aliphatic carbocycles. The number of para-hydroxylation sites is 1. The quantitative estimate of drug-likeness (QED) is 0.414. The summed E-state index contributed by atoms with van der Waals surface area (Å²) in [5, 5.41) is 6.50. The molecule has 0 bridgehead atoms. The Kier molecular flexibility index (Phi) is 4.10. The van der Waals surface area contributed by atoms with Crippen molar-refractivity contribution in [1.82, 2.24) is 4.98 Å². The van der Waals surface area contributed by atoms with Gasteiger partial charge in [0.15, 0.2) is 10.9 Å². The lowest BCUT2D eigenvalue weighted by Crippen LogP contribution is -2.02. The molecule has 6 heteroatoms. The number of aromatic nitrogens is 1. The number of rotatable bonds is 4. The van der Waals surface area contributed by atoms with Gasteiger partial charge in [0, 0.05) is 22.0 Å². The van der Waals surface area contributed by atoms with Crippen LogP contribution in [0.25, 0.3) is 22.2 Å². The number of benzene rings is 2. The Morgan fingerprint density at radius 2 is 1.88 bits per heavy atom. The van der Waals surface area contributed by atoms with E-state index < -0.39 is 5.63 Å².